The first-order valence-corrected chi connectivity index (χ1v) is 6.48. The van der Waals surface area contributed by atoms with Crippen LogP contribution in [0.2, 0.25) is 0 Å². The van der Waals surface area contributed by atoms with Gasteiger partial charge in [0.25, 0.3) is 0 Å². The minimum Gasteiger partial charge on any atom is -0.448 e. The van der Waals surface area contributed by atoms with Crippen LogP contribution in [0.3, 0.4) is 0 Å². The molecule has 0 bridgehead atoms. The molecule has 1 rings (SSSR count). The molecule has 4 nitrogen and oxygen atoms in total. The Morgan fingerprint density at radius 2 is 1.84 bits per heavy atom. The standard InChI is InChI=1S/C11H21BF3N2O2/c1-11(2,3)19-10(18)16-9-4-6-17(7-5-9)8-12(13,14)15/h9H,4-8H2,1-3H3,(H,16,18)/q-1. The molecule has 112 valence electrons. The minimum atomic E-state index is -4.77. The van der Waals surface area contributed by atoms with Gasteiger partial charge in [-0.15, -0.1) is 0 Å². The largest absolute Gasteiger partial charge is 0.492 e. The van der Waals surface area contributed by atoms with Gasteiger partial charge in [-0.3, -0.25) is 0 Å². The highest BCUT2D eigenvalue weighted by atomic mass is 19.4. The summed E-state index contributed by atoms with van der Waals surface area (Å²) in [5, 5.41) is 2.69. The highest BCUT2D eigenvalue weighted by Gasteiger charge is 2.29. The van der Waals surface area contributed by atoms with Crippen LogP contribution in [0.5, 0.6) is 0 Å². The Hall–Kier alpha value is -0.915. The fourth-order valence-corrected chi connectivity index (χ4v) is 2.03. The van der Waals surface area contributed by atoms with E-state index in [9.17, 15) is 17.7 Å². The average molecular weight is 281 g/mol. The molecule has 0 spiro atoms. The van der Waals surface area contributed by atoms with E-state index in [1.165, 1.54) is 4.90 Å². The first-order valence-electron chi connectivity index (χ1n) is 6.48. The van der Waals surface area contributed by atoms with Crippen molar-refractivity contribution in [1.82, 2.24) is 10.2 Å². The van der Waals surface area contributed by atoms with Gasteiger partial charge in [-0.1, -0.05) is 0 Å². The lowest BCUT2D eigenvalue weighted by atomic mass is 9.89. The van der Waals surface area contributed by atoms with Gasteiger partial charge in [0.1, 0.15) is 5.60 Å². The van der Waals surface area contributed by atoms with E-state index in [1.54, 1.807) is 20.8 Å². The molecule has 0 atom stereocenters. The number of likely N-dealkylation sites (tertiary alicyclic amines) is 1. The number of rotatable bonds is 3. The molecule has 0 aromatic carbocycles. The van der Waals surface area contributed by atoms with Crippen LogP contribution in [-0.4, -0.2) is 49.1 Å². The Kier molecular flexibility index (Phi) is 5.12. The third-order valence-corrected chi connectivity index (χ3v) is 2.77. The van der Waals surface area contributed by atoms with Crippen LogP contribution in [0.4, 0.5) is 17.7 Å². The number of nitrogens with one attached hydrogen (secondary N) is 1. The number of ether oxygens (including phenoxy) is 1. The zero-order valence-corrected chi connectivity index (χ0v) is 11.6. The van der Waals surface area contributed by atoms with E-state index in [1.807, 2.05) is 0 Å². The number of piperidine rings is 1. The predicted molar refractivity (Wildman–Crippen MR) is 67.9 cm³/mol. The van der Waals surface area contributed by atoms with Crippen molar-refractivity contribution in [3.05, 3.63) is 0 Å². The molecule has 1 aliphatic heterocycles. The summed E-state index contributed by atoms with van der Waals surface area (Å²) >= 11 is 0. The molecule has 8 heteroatoms. The maximum atomic E-state index is 12.3. The highest BCUT2D eigenvalue weighted by Crippen LogP contribution is 2.16. The highest BCUT2D eigenvalue weighted by molar-refractivity contribution is 6.58. The Morgan fingerprint density at radius 3 is 2.26 bits per heavy atom. The summed E-state index contributed by atoms with van der Waals surface area (Å²) in [5.74, 6) is 0. The van der Waals surface area contributed by atoms with E-state index < -0.39 is 25.1 Å². The number of carbonyl (C=O) groups is 1. The number of halogens is 3. The molecule has 1 aliphatic rings. The normalized spacial score (nSPS) is 19.3. The topological polar surface area (TPSA) is 41.6 Å². The van der Waals surface area contributed by atoms with E-state index >= 15 is 0 Å². The third-order valence-electron chi connectivity index (χ3n) is 2.77. The summed E-state index contributed by atoms with van der Waals surface area (Å²) in [4.78, 5) is 12.9. The number of hydrogen-bond donors (Lipinski definition) is 1. The van der Waals surface area contributed by atoms with Crippen molar-refractivity contribution in [2.75, 3.05) is 19.5 Å². The summed E-state index contributed by atoms with van der Waals surface area (Å²) in [6.45, 7) is 1.22. The van der Waals surface area contributed by atoms with Gasteiger partial charge in [0.05, 0.1) is 0 Å². The van der Waals surface area contributed by atoms with Crippen LogP contribution in [0, 0.1) is 0 Å². The molecule has 0 aliphatic carbocycles. The van der Waals surface area contributed by atoms with Gasteiger partial charge in [-0.05, 0) is 53.1 Å². The van der Waals surface area contributed by atoms with E-state index in [0.29, 0.717) is 25.9 Å². The van der Waals surface area contributed by atoms with Crippen LogP contribution in [-0.2, 0) is 4.74 Å². The maximum absolute atomic E-state index is 12.3. The fraction of sp³-hybridized carbons (Fsp3) is 0.909. The number of amides is 1. The summed E-state index contributed by atoms with van der Waals surface area (Å²) in [5.41, 5.74) is -0.566. The minimum absolute atomic E-state index is 0.105. The van der Waals surface area contributed by atoms with Crippen LogP contribution < -0.4 is 5.32 Å². The monoisotopic (exact) mass is 281 g/mol. The van der Waals surface area contributed by atoms with Gasteiger partial charge in [0.15, 0.2) is 0 Å². The van der Waals surface area contributed by atoms with E-state index in [-0.39, 0.29) is 6.04 Å². The van der Waals surface area contributed by atoms with Crippen LogP contribution >= 0.6 is 0 Å². The smallest absolute Gasteiger partial charge is 0.448 e. The Morgan fingerprint density at radius 1 is 1.32 bits per heavy atom. The molecule has 0 aromatic heterocycles. The first kappa shape index (κ1) is 16.1. The second kappa shape index (κ2) is 6.03. The zero-order chi connectivity index (χ0) is 14.7. The van der Waals surface area contributed by atoms with Gasteiger partial charge in [-0.2, -0.15) is 0 Å². The average Bonchev–Trinajstić information content (AvgIpc) is 2.15. The maximum Gasteiger partial charge on any atom is 0.492 e. The molecule has 0 radical (unpaired) electrons. The Bertz CT molecular complexity index is 310. The molecule has 1 fully saturated rings. The van der Waals surface area contributed by atoms with Crippen molar-refractivity contribution in [3.63, 3.8) is 0 Å². The van der Waals surface area contributed by atoms with Gasteiger partial charge in [0, 0.05) is 6.04 Å². The molecule has 1 heterocycles. The molecule has 1 amide bonds. The van der Waals surface area contributed by atoms with Crippen molar-refractivity contribution in [2.24, 2.45) is 0 Å². The number of carbonyl (C=O) groups excluding carboxylic acids is 1. The fourth-order valence-electron chi connectivity index (χ4n) is 2.03. The van der Waals surface area contributed by atoms with Crippen LogP contribution in [0.1, 0.15) is 33.6 Å². The van der Waals surface area contributed by atoms with E-state index in [0.717, 1.165) is 0 Å². The van der Waals surface area contributed by atoms with Crippen LogP contribution in [0.15, 0.2) is 0 Å². The van der Waals surface area contributed by atoms with E-state index in [4.69, 9.17) is 4.74 Å². The number of alkyl carbamates (subject to hydrolysis) is 1. The summed E-state index contributed by atoms with van der Waals surface area (Å²) in [6.07, 6.45) is -0.290. The van der Waals surface area contributed by atoms with Crippen molar-refractivity contribution in [2.45, 2.75) is 45.3 Å². The number of hydrogen-bond acceptors (Lipinski definition) is 3. The molecule has 0 unspecified atom stereocenters. The Balaban J connectivity index is 2.29. The van der Waals surface area contributed by atoms with Crippen LogP contribution in [0.25, 0.3) is 0 Å². The third kappa shape index (κ3) is 7.30. The lowest BCUT2D eigenvalue weighted by Gasteiger charge is -2.35. The molecule has 1 N–H and O–H groups in total. The van der Waals surface area contributed by atoms with Crippen molar-refractivity contribution < 1.29 is 22.5 Å². The van der Waals surface area contributed by atoms with Crippen molar-refractivity contribution in [1.29, 1.82) is 0 Å². The molecular weight excluding hydrogens is 260 g/mol. The number of nitrogens with zero attached hydrogens (tertiary/aromatic N) is 1. The van der Waals surface area contributed by atoms with Gasteiger partial charge >= 0.3 is 13.1 Å². The zero-order valence-electron chi connectivity index (χ0n) is 11.6. The van der Waals surface area contributed by atoms with Crippen molar-refractivity contribution >= 4 is 13.1 Å². The molecule has 1 saturated heterocycles. The summed E-state index contributed by atoms with van der Waals surface area (Å²) in [6, 6.07) is -0.105. The molecule has 0 saturated carbocycles. The van der Waals surface area contributed by atoms with Gasteiger partial charge < -0.3 is 27.9 Å². The molecule has 19 heavy (non-hydrogen) atoms. The second-order valence-electron chi connectivity index (χ2n) is 5.93. The first-order chi connectivity index (χ1) is 8.55. The van der Waals surface area contributed by atoms with Gasteiger partial charge in [0.2, 0.25) is 0 Å². The second-order valence-corrected chi connectivity index (χ2v) is 5.93. The molecular formula is C11H21BF3N2O2-. The lowest BCUT2D eigenvalue weighted by Crippen LogP contribution is -2.49. The summed E-state index contributed by atoms with van der Waals surface area (Å²) < 4.78 is 41.9. The van der Waals surface area contributed by atoms with Crippen molar-refractivity contribution in [3.8, 4) is 0 Å². The molecule has 0 aromatic rings. The van der Waals surface area contributed by atoms with Gasteiger partial charge in [-0.25, -0.2) is 4.79 Å². The lowest BCUT2D eigenvalue weighted by molar-refractivity contribution is 0.0480. The van der Waals surface area contributed by atoms with E-state index in [2.05, 4.69) is 5.32 Å². The Labute approximate surface area is 111 Å². The summed E-state index contributed by atoms with van der Waals surface area (Å²) in [7, 11) is 0. The SMILES string of the molecule is CC(C)(C)OC(=O)NC1CCN(C[B-](F)(F)F)CC1. The quantitative estimate of drug-likeness (QED) is 0.807. The predicted octanol–water partition coefficient (Wildman–Crippen LogP) is 2.36.